The van der Waals surface area contributed by atoms with Crippen LogP contribution < -0.4 is 10.6 Å². The van der Waals surface area contributed by atoms with Crippen LogP contribution in [0.2, 0.25) is 0 Å². The van der Waals surface area contributed by atoms with Crippen LogP contribution in [0, 0.1) is 17.8 Å². The van der Waals surface area contributed by atoms with E-state index in [0.717, 1.165) is 42.6 Å². The van der Waals surface area contributed by atoms with Crippen molar-refractivity contribution in [1.82, 2.24) is 10.6 Å². The van der Waals surface area contributed by atoms with Gasteiger partial charge in [0.15, 0.2) is 6.61 Å². The minimum absolute atomic E-state index is 0.141. The smallest absolute Gasteiger partial charge is 0.331 e. The maximum absolute atomic E-state index is 12.2. The lowest BCUT2D eigenvalue weighted by atomic mass is 9.53. The molecule has 0 atom stereocenters. The number of imide groups is 1. The Morgan fingerprint density at radius 2 is 1.58 bits per heavy atom. The van der Waals surface area contributed by atoms with Crippen molar-refractivity contribution in [1.29, 1.82) is 0 Å². The molecule has 3 amide bonds. The van der Waals surface area contributed by atoms with Gasteiger partial charge in [0.25, 0.3) is 5.91 Å². The molecule has 0 spiro atoms. The molecule has 4 aliphatic carbocycles. The van der Waals surface area contributed by atoms with Crippen molar-refractivity contribution in [2.75, 3.05) is 6.61 Å². The number of carbonyl (C=O) groups is 3. The zero-order chi connectivity index (χ0) is 17.3. The lowest BCUT2D eigenvalue weighted by molar-refractivity contribution is -0.143. The van der Waals surface area contributed by atoms with Crippen LogP contribution in [0.15, 0.2) is 11.6 Å². The Hall–Kier alpha value is -1.85. The molecular formula is C18H26N2O4. The first kappa shape index (κ1) is 17.0. The van der Waals surface area contributed by atoms with Gasteiger partial charge in [-0.1, -0.05) is 5.57 Å². The molecule has 6 nitrogen and oxygen atoms in total. The Morgan fingerprint density at radius 1 is 1.04 bits per heavy atom. The molecule has 0 saturated heterocycles. The van der Waals surface area contributed by atoms with Gasteiger partial charge in [0, 0.05) is 11.6 Å². The van der Waals surface area contributed by atoms with E-state index in [2.05, 4.69) is 10.6 Å². The predicted molar refractivity (Wildman–Crippen MR) is 88.0 cm³/mol. The quantitative estimate of drug-likeness (QED) is 0.610. The molecule has 6 heteroatoms. The van der Waals surface area contributed by atoms with Gasteiger partial charge in [0.1, 0.15) is 0 Å². The topological polar surface area (TPSA) is 84.5 Å². The first-order valence-electron chi connectivity index (χ1n) is 8.77. The van der Waals surface area contributed by atoms with E-state index in [9.17, 15) is 14.4 Å². The number of amides is 3. The van der Waals surface area contributed by atoms with E-state index in [4.69, 9.17) is 4.74 Å². The maximum atomic E-state index is 12.2. The number of carbonyl (C=O) groups excluding carboxylic acids is 3. The summed E-state index contributed by atoms with van der Waals surface area (Å²) in [5.41, 5.74) is 0.651. The van der Waals surface area contributed by atoms with Gasteiger partial charge in [-0.15, -0.1) is 0 Å². The number of esters is 1. The summed E-state index contributed by atoms with van der Waals surface area (Å²) in [6, 6.07) is -0.472. The van der Waals surface area contributed by atoms with Crippen LogP contribution in [0.1, 0.15) is 52.4 Å². The molecule has 4 saturated carbocycles. The monoisotopic (exact) mass is 334 g/mol. The molecule has 4 bridgehead atoms. The summed E-state index contributed by atoms with van der Waals surface area (Å²) in [4.78, 5) is 35.3. The highest BCUT2D eigenvalue weighted by Gasteiger charge is 2.51. The maximum Gasteiger partial charge on any atom is 0.331 e. The van der Waals surface area contributed by atoms with Crippen LogP contribution in [0.5, 0.6) is 0 Å². The van der Waals surface area contributed by atoms with Gasteiger partial charge in [0.2, 0.25) is 0 Å². The predicted octanol–water partition coefficient (Wildman–Crippen LogP) is 2.29. The fraction of sp³-hybridized carbons (Fsp3) is 0.722. The van der Waals surface area contributed by atoms with E-state index in [1.807, 2.05) is 0 Å². The molecule has 0 aromatic heterocycles. The molecule has 0 aromatic carbocycles. The van der Waals surface area contributed by atoms with Crippen LogP contribution in [0.3, 0.4) is 0 Å². The van der Waals surface area contributed by atoms with Crippen molar-refractivity contribution in [3.05, 3.63) is 11.6 Å². The first-order chi connectivity index (χ1) is 11.3. The van der Waals surface area contributed by atoms with Gasteiger partial charge in [-0.3, -0.25) is 10.1 Å². The molecule has 0 heterocycles. The molecule has 0 aromatic rings. The molecule has 4 fully saturated rings. The zero-order valence-electron chi connectivity index (χ0n) is 14.4. The lowest BCUT2D eigenvalue weighted by Gasteiger charge is -2.56. The van der Waals surface area contributed by atoms with Gasteiger partial charge in [-0.25, -0.2) is 9.59 Å². The van der Waals surface area contributed by atoms with E-state index in [1.54, 1.807) is 13.8 Å². The largest absolute Gasteiger partial charge is 0.452 e. The highest BCUT2D eigenvalue weighted by molar-refractivity contribution is 5.96. The number of urea groups is 1. The van der Waals surface area contributed by atoms with Crippen LogP contribution in [-0.2, 0) is 14.3 Å². The second-order valence-electron chi connectivity index (χ2n) is 8.03. The minimum Gasteiger partial charge on any atom is -0.452 e. The van der Waals surface area contributed by atoms with Gasteiger partial charge >= 0.3 is 12.0 Å². The summed E-state index contributed by atoms with van der Waals surface area (Å²) >= 11 is 0. The summed E-state index contributed by atoms with van der Waals surface area (Å²) in [7, 11) is 0. The molecule has 24 heavy (non-hydrogen) atoms. The third-order valence-electron chi connectivity index (χ3n) is 5.42. The van der Waals surface area contributed by atoms with E-state index in [-0.39, 0.29) is 5.54 Å². The standard InChI is InChI=1S/C18H26N2O4/c1-11(2)3-16(22)24-10-15(21)19-17(23)20-18-7-12-4-13(8-18)6-14(5-12)9-18/h3,12-14H,4-10H2,1-2H3,(H2,19,20,21,23). The molecule has 0 aliphatic heterocycles. The number of rotatable bonds is 4. The minimum atomic E-state index is -0.604. The van der Waals surface area contributed by atoms with Crippen LogP contribution >= 0.6 is 0 Å². The molecule has 0 radical (unpaired) electrons. The molecule has 132 valence electrons. The highest BCUT2D eigenvalue weighted by Crippen LogP contribution is 2.55. The second-order valence-corrected chi connectivity index (χ2v) is 8.03. The zero-order valence-corrected chi connectivity index (χ0v) is 14.4. The third-order valence-corrected chi connectivity index (χ3v) is 5.42. The third kappa shape index (κ3) is 3.97. The average Bonchev–Trinajstić information content (AvgIpc) is 2.42. The summed E-state index contributed by atoms with van der Waals surface area (Å²) < 4.78 is 4.80. The van der Waals surface area contributed by atoms with E-state index < -0.39 is 24.5 Å². The summed E-state index contributed by atoms with van der Waals surface area (Å²) in [6.07, 6.45) is 8.26. The molecule has 4 rings (SSSR count). The SMILES string of the molecule is CC(C)=CC(=O)OCC(=O)NC(=O)NC12CC3CC(CC(C3)C1)C2. The van der Waals surface area contributed by atoms with E-state index >= 15 is 0 Å². The Kier molecular flexibility index (Phi) is 4.65. The number of nitrogens with one attached hydrogen (secondary N) is 2. The number of hydrogen-bond donors (Lipinski definition) is 2. The number of allylic oxidation sites excluding steroid dienone is 1. The molecule has 4 aliphatic rings. The van der Waals surface area contributed by atoms with Crippen molar-refractivity contribution in [2.45, 2.75) is 57.9 Å². The Labute approximate surface area is 142 Å². The van der Waals surface area contributed by atoms with Crippen molar-refractivity contribution in [2.24, 2.45) is 17.8 Å². The van der Waals surface area contributed by atoms with E-state index in [0.29, 0.717) is 0 Å². The van der Waals surface area contributed by atoms with Gasteiger partial charge in [-0.2, -0.15) is 0 Å². The normalized spacial score (nSPS) is 32.8. The summed E-state index contributed by atoms with van der Waals surface area (Å²) in [5.74, 6) is 0.978. The van der Waals surface area contributed by atoms with Crippen molar-refractivity contribution in [3.63, 3.8) is 0 Å². The fourth-order valence-electron chi connectivity index (χ4n) is 5.11. The summed E-state index contributed by atoms with van der Waals surface area (Å²) in [5, 5.41) is 5.33. The Balaban J connectivity index is 1.46. The first-order valence-corrected chi connectivity index (χ1v) is 8.77. The van der Waals surface area contributed by atoms with E-state index in [1.165, 1.54) is 25.3 Å². The van der Waals surface area contributed by atoms with Crippen LogP contribution in [0.4, 0.5) is 4.79 Å². The van der Waals surface area contributed by atoms with Crippen LogP contribution in [0.25, 0.3) is 0 Å². The summed E-state index contributed by atoms with van der Waals surface area (Å²) in [6.45, 7) is 3.08. The fourth-order valence-corrected chi connectivity index (χ4v) is 5.11. The Morgan fingerprint density at radius 3 is 2.08 bits per heavy atom. The van der Waals surface area contributed by atoms with Gasteiger partial charge in [-0.05, 0) is 70.1 Å². The highest BCUT2D eigenvalue weighted by atomic mass is 16.5. The molecule has 0 unspecified atom stereocenters. The van der Waals surface area contributed by atoms with Crippen LogP contribution in [-0.4, -0.2) is 30.1 Å². The average molecular weight is 334 g/mol. The van der Waals surface area contributed by atoms with Crippen molar-refractivity contribution >= 4 is 17.9 Å². The lowest BCUT2D eigenvalue weighted by Crippen LogP contribution is -2.62. The van der Waals surface area contributed by atoms with Gasteiger partial charge in [0.05, 0.1) is 0 Å². The second kappa shape index (κ2) is 6.57. The number of hydrogen-bond acceptors (Lipinski definition) is 4. The van der Waals surface area contributed by atoms with Gasteiger partial charge < -0.3 is 10.1 Å². The number of ether oxygens (including phenoxy) is 1. The van der Waals surface area contributed by atoms with Crippen molar-refractivity contribution < 1.29 is 19.1 Å². The molecule has 2 N–H and O–H groups in total. The molecular weight excluding hydrogens is 308 g/mol. The Bertz CT molecular complexity index is 542. The van der Waals surface area contributed by atoms with Crippen molar-refractivity contribution in [3.8, 4) is 0 Å².